The van der Waals surface area contributed by atoms with Crippen LogP contribution in [0.1, 0.15) is 5.56 Å². The topological polar surface area (TPSA) is 132 Å². The van der Waals surface area contributed by atoms with Gasteiger partial charge in [0.1, 0.15) is 22.3 Å². The smallest absolute Gasteiger partial charge is 0.386 e. The first kappa shape index (κ1) is 14.0. The predicted molar refractivity (Wildman–Crippen MR) is 51.4 cm³/mol. The lowest BCUT2D eigenvalue weighted by Gasteiger charge is -2.11. The van der Waals surface area contributed by atoms with E-state index in [1.165, 1.54) is 6.07 Å². The zero-order valence-corrected chi connectivity index (χ0v) is 9.21. The molecule has 0 radical (unpaired) electrons. The first-order chi connectivity index (χ1) is 8.04. The number of primary sulfonamides is 1. The van der Waals surface area contributed by atoms with Crippen molar-refractivity contribution in [1.29, 1.82) is 5.26 Å². The molecule has 4 N–H and O–H groups in total. The maximum atomic E-state index is 12.0. The summed E-state index contributed by atoms with van der Waals surface area (Å²) in [6, 6.07) is 1.85. The van der Waals surface area contributed by atoms with Crippen LogP contribution in [-0.2, 0) is 10.0 Å². The van der Waals surface area contributed by atoms with Crippen LogP contribution in [0.5, 0.6) is 5.88 Å². The molecule has 0 aliphatic rings. The molecule has 0 aliphatic heterocycles. The molecule has 0 amide bonds. The Morgan fingerprint density at radius 3 is 2.39 bits per heavy atom. The summed E-state index contributed by atoms with van der Waals surface area (Å²) in [4.78, 5) is 2.29. The molecule has 7 nitrogen and oxygen atoms in total. The lowest BCUT2D eigenvalue weighted by atomic mass is 10.3. The molecule has 0 saturated carbocycles. The molecule has 1 aromatic heterocycles. The first-order valence-electron chi connectivity index (χ1n) is 4.04. The maximum absolute atomic E-state index is 12.0. The van der Waals surface area contributed by atoms with E-state index in [0.717, 1.165) is 0 Å². The third-order valence-electron chi connectivity index (χ3n) is 1.62. The number of ether oxygens (including phenoxy) is 1. The number of nitrogens with two attached hydrogens (primary N) is 2. The van der Waals surface area contributed by atoms with Gasteiger partial charge in [-0.05, 0) is 6.07 Å². The zero-order chi connectivity index (χ0) is 14.1. The van der Waals surface area contributed by atoms with Crippen LogP contribution >= 0.6 is 0 Å². The van der Waals surface area contributed by atoms with Crippen molar-refractivity contribution in [3.05, 3.63) is 11.6 Å². The molecule has 0 unspecified atom stereocenters. The van der Waals surface area contributed by atoms with E-state index in [0.29, 0.717) is 6.07 Å². The van der Waals surface area contributed by atoms with E-state index in [1.807, 2.05) is 0 Å². The Labute approximate surface area is 98.8 Å². The van der Waals surface area contributed by atoms with Crippen molar-refractivity contribution in [3.63, 3.8) is 0 Å². The van der Waals surface area contributed by atoms with Crippen molar-refractivity contribution in [1.82, 2.24) is 4.98 Å². The van der Waals surface area contributed by atoms with Gasteiger partial charge in [0, 0.05) is 0 Å². The van der Waals surface area contributed by atoms with Gasteiger partial charge in [0.2, 0.25) is 15.9 Å². The lowest BCUT2D eigenvalue weighted by Crippen LogP contribution is -2.21. The number of hydrogen-bond donors (Lipinski definition) is 2. The van der Waals surface area contributed by atoms with Crippen LogP contribution in [0.2, 0.25) is 0 Å². The fourth-order valence-corrected chi connectivity index (χ4v) is 1.61. The van der Waals surface area contributed by atoms with Gasteiger partial charge in [-0.15, -0.1) is 13.2 Å². The number of alkyl halides is 3. The van der Waals surface area contributed by atoms with Gasteiger partial charge in [-0.25, -0.2) is 13.6 Å². The molecular formula is C7H5F3N4O3S. The molecule has 0 spiro atoms. The Kier molecular flexibility index (Phi) is 3.36. The molecule has 11 heteroatoms. The number of rotatable bonds is 2. The predicted octanol–water partition coefficient (Wildman–Crippen LogP) is 0.0815. The highest BCUT2D eigenvalue weighted by Crippen LogP contribution is 2.28. The second-order valence-electron chi connectivity index (χ2n) is 2.93. The second-order valence-corrected chi connectivity index (χ2v) is 4.46. The number of nitriles is 1. The van der Waals surface area contributed by atoms with Crippen LogP contribution in [-0.4, -0.2) is 19.8 Å². The Morgan fingerprint density at radius 1 is 1.44 bits per heavy atom. The largest absolute Gasteiger partial charge is 0.574 e. The average Bonchev–Trinajstić information content (AvgIpc) is 2.13. The first-order valence-corrected chi connectivity index (χ1v) is 5.58. The molecule has 0 aliphatic carbocycles. The molecule has 0 fully saturated rings. The highest BCUT2D eigenvalue weighted by Gasteiger charge is 2.34. The Bertz CT molecular complexity index is 620. The molecule has 0 bridgehead atoms. The highest BCUT2D eigenvalue weighted by molar-refractivity contribution is 7.89. The normalized spacial score (nSPS) is 11.9. The summed E-state index contributed by atoms with van der Waals surface area (Å²) < 4.78 is 61.3. The average molecular weight is 282 g/mol. The molecule has 0 atom stereocenters. The highest BCUT2D eigenvalue weighted by atomic mass is 32.2. The van der Waals surface area contributed by atoms with Gasteiger partial charge in [0.15, 0.2) is 0 Å². The third kappa shape index (κ3) is 3.22. The van der Waals surface area contributed by atoms with Crippen molar-refractivity contribution in [3.8, 4) is 11.9 Å². The zero-order valence-electron chi connectivity index (χ0n) is 8.39. The summed E-state index contributed by atoms with van der Waals surface area (Å²) in [5.41, 5.74) is 4.36. The van der Waals surface area contributed by atoms with E-state index < -0.39 is 38.5 Å². The maximum Gasteiger partial charge on any atom is 0.574 e. The van der Waals surface area contributed by atoms with Crippen molar-refractivity contribution < 1.29 is 26.3 Å². The van der Waals surface area contributed by atoms with Crippen molar-refractivity contribution in [2.75, 3.05) is 5.73 Å². The van der Waals surface area contributed by atoms with Crippen LogP contribution in [0.25, 0.3) is 0 Å². The van der Waals surface area contributed by atoms with Crippen molar-refractivity contribution in [2.45, 2.75) is 11.3 Å². The second kappa shape index (κ2) is 4.31. The lowest BCUT2D eigenvalue weighted by molar-refractivity contribution is -0.276. The van der Waals surface area contributed by atoms with E-state index in [9.17, 15) is 21.6 Å². The molecule has 18 heavy (non-hydrogen) atoms. The van der Waals surface area contributed by atoms with Crippen LogP contribution in [0.4, 0.5) is 19.0 Å². The fraction of sp³-hybridized carbons (Fsp3) is 0.143. The van der Waals surface area contributed by atoms with Gasteiger partial charge >= 0.3 is 6.36 Å². The van der Waals surface area contributed by atoms with Crippen molar-refractivity contribution in [2.24, 2.45) is 5.14 Å². The van der Waals surface area contributed by atoms with Crippen LogP contribution in [0, 0.1) is 11.3 Å². The molecular weight excluding hydrogens is 277 g/mol. The van der Waals surface area contributed by atoms with E-state index in [-0.39, 0.29) is 0 Å². The summed E-state index contributed by atoms with van der Waals surface area (Å²) in [5.74, 6) is -1.94. The SMILES string of the molecule is N#Cc1cc(S(N)(=O)=O)c(N)nc1OC(F)(F)F. The minimum atomic E-state index is -5.09. The van der Waals surface area contributed by atoms with Gasteiger partial charge in [0.05, 0.1) is 0 Å². The Morgan fingerprint density at radius 2 is 2.00 bits per heavy atom. The van der Waals surface area contributed by atoms with E-state index >= 15 is 0 Å². The number of halogens is 3. The number of nitrogen functional groups attached to an aromatic ring is 1. The third-order valence-corrected chi connectivity index (χ3v) is 2.56. The van der Waals surface area contributed by atoms with E-state index in [2.05, 4.69) is 9.72 Å². The van der Waals surface area contributed by atoms with Gasteiger partial charge in [0.25, 0.3) is 0 Å². The quantitative estimate of drug-likeness (QED) is 0.789. The molecule has 1 rings (SSSR count). The number of anilines is 1. The summed E-state index contributed by atoms with van der Waals surface area (Å²) in [5, 5.41) is 13.3. The Hall–Kier alpha value is -2.06. The molecule has 0 aromatic carbocycles. The number of nitrogens with zero attached hydrogens (tertiary/aromatic N) is 2. The Balaban J connectivity index is 3.43. The molecule has 0 saturated heterocycles. The summed E-state index contributed by atoms with van der Waals surface area (Å²) in [6.07, 6.45) is -5.09. The van der Waals surface area contributed by atoms with Crippen LogP contribution in [0.15, 0.2) is 11.0 Å². The van der Waals surface area contributed by atoms with E-state index in [4.69, 9.17) is 16.1 Å². The number of aromatic nitrogens is 1. The number of hydrogen-bond acceptors (Lipinski definition) is 6. The minimum absolute atomic E-state index is 0.554. The molecule has 98 valence electrons. The van der Waals surface area contributed by atoms with Gasteiger partial charge in [-0.2, -0.15) is 10.2 Å². The minimum Gasteiger partial charge on any atom is -0.386 e. The van der Waals surface area contributed by atoms with Gasteiger partial charge < -0.3 is 10.5 Å². The molecule has 1 heterocycles. The molecule has 1 aromatic rings. The standard InChI is InChI=1S/C7H5F3N4O3S/c8-7(9,10)17-6-3(2-11)1-4(5(12)14-6)18(13,15)16/h1H,(H2,12,14)(H2,13,15,16). The number of sulfonamides is 1. The van der Waals surface area contributed by atoms with Crippen LogP contribution < -0.4 is 15.6 Å². The summed E-state index contributed by atoms with van der Waals surface area (Å²) >= 11 is 0. The number of pyridine rings is 1. The summed E-state index contributed by atoms with van der Waals surface area (Å²) in [7, 11) is -4.30. The van der Waals surface area contributed by atoms with E-state index in [1.54, 1.807) is 0 Å². The monoisotopic (exact) mass is 282 g/mol. The van der Waals surface area contributed by atoms with Gasteiger partial charge in [-0.3, -0.25) is 0 Å². The van der Waals surface area contributed by atoms with Crippen LogP contribution in [0.3, 0.4) is 0 Å². The fourth-order valence-electron chi connectivity index (χ4n) is 0.987. The van der Waals surface area contributed by atoms with Crippen molar-refractivity contribution >= 4 is 15.8 Å². The summed E-state index contributed by atoms with van der Waals surface area (Å²) in [6.45, 7) is 0. The van der Waals surface area contributed by atoms with Gasteiger partial charge in [-0.1, -0.05) is 0 Å².